The molecule has 0 amide bonds. The van der Waals surface area contributed by atoms with Gasteiger partial charge >= 0.3 is 0 Å². The summed E-state index contributed by atoms with van der Waals surface area (Å²) >= 11 is 5.96. The molecule has 0 saturated carbocycles. The Hall–Kier alpha value is -2.45. The molecule has 0 saturated heterocycles. The van der Waals surface area contributed by atoms with Crippen molar-refractivity contribution in [3.8, 4) is 11.5 Å². The number of anilines is 1. The summed E-state index contributed by atoms with van der Waals surface area (Å²) in [6.45, 7) is 4.40. The van der Waals surface area contributed by atoms with Crippen LogP contribution >= 0.6 is 11.6 Å². The zero-order valence-electron chi connectivity index (χ0n) is 15.2. The van der Waals surface area contributed by atoms with E-state index in [1.165, 1.54) is 11.1 Å². The van der Waals surface area contributed by atoms with Crippen LogP contribution in [0.1, 0.15) is 37.4 Å². The van der Waals surface area contributed by atoms with Gasteiger partial charge < -0.3 is 10.1 Å². The predicted octanol–water partition coefficient (Wildman–Crippen LogP) is 7.26. The molecular formula is C23H24ClNO. The third-order valence-corrected chi connectivity index (χ3v) is 4.59. The maximum Gasteiger partial charge on any atom is 0.150 e. The molecule has 134 valence electrons. The molecule has 0 aliphatic heterocycles. The van der Waals surface area contributed by atoms with Crippen LogP contribution in [0, 0.1) is 0 Å². The molecule has 0 aliphatic carbocycles. The van der Waals surface area contributed by atoms with Gasteiger partial charge in [-0.25, -0.2) is 0 Å². The first-order chi connectivity index (χ1) is 12.7. The molecule has 26 heavy (non-hydrogen) atoms. The molecule has 2 nitrogen and oxygen atoms in total. The molecule has 3 aromatic carbocycles. The van der Waals surface area contributed by atoms with Crippen molar-refractivity contribution in [2.45, 2.75) is 32.7 Å². The van der Waals surface area contributed by atoms with Gasteiger partial charge in [-0.05, 0) is 60.9 Å². The summed E-state index contributed by atoms with van der Waals surface area (Å²) in [6.07, 6.45) is 2.23. The molecule has 1 atom stereocenters. The van der Waals surface area contributed by atoms with Gasteiger partial charge in [0.15, 0.2) is 5.75 Å². The first-order valence-electron chi connectivity index (χ1n) is 9.04. The number of nitrogens with one attached hydrogen (secondary N) is 1. The van der Waals surface area contributed by atoms with Gasteiger partial charge in [0.25, 0.3) is 0 Å². The van der Waals surface area contributed by atoms with E-state index in [2.05, 4.69) is 43.4 Å². The molecule has 0 aliphatic rings. The van der Waals surface area contributed by atoms with E-state index in [4.69, 9.17) is 16.3 Å². The fourth-order valence-electron chi connectivity index (χ4n) is 3.07. The number of benzene rings is 3. The number of rotatable bonds is 7. The Morgan fingerprint density at radius 2 is 1.62 bits per heavy atom. The van der Waals surface area contributed by atoms with Crippen LogP contribution in [-0.2, 0) is 6.42 Å². The Balaban J connectivity index is 1.81. The Morgan fingerprint density at radius 3 is 2.38 bits per heavy atom. The van der Waals surface area contributed by atoms with E-state index in [0.29, 0.717) is 5.02 Å². The smallest absolute Gasteiger partial charge is 0.150 e. The minimum absolute atomic E-state index is 0.188. The summed E-state index contributed by atoms with van der Waals surface area (Å²) in [5, 5.41) is 4.31. The van der Waals surface area contributed by atoms with E-state index in [1.807, 2.05) is 48.5 Å². The number of hydrogen-bond acceptors (Lipinski definition) is 2. The van der Waals surface area contributed by atoms with Crippen LogP contribution in [0.25, 0.3) is 0 Å². The maximum atomic E-state index is 6.06. The van der Waals surface area contributed by atoms with E-state index < -0.39 is 0 Å². The van der Waals surface area contributed by atoms with Crippen molar-refractivity contribution < 1.29 is 4.74 Å². The lowest BCUT2D eigenvalue weighted by molar-refractivity contribution is 0.484. The predicted molar refractivity (Wildman–Crippen MR) is 110 cm³/mol. The van der Waals surface area contributed by atoms with Gasteiger partial charge in [-0.1, -0.05) is 61.3 Å². The van der Waals surface area contributed by atoms with Crippen LogP contribution in [0.15, 0.2) is 72.8 Å². The quantitative estimate of drug-likeness (QED) is 0.475. The summed E-state index contributed by atoms with van der Waals surface area (Å²) < 4.78 is 6.06. The second kappa shape index (κ2) is 8.77. The Bertz CT molecular complexity index is 845. The van der Waals surface area contributed by atoms with Crippen molar-refractivity contribution in [1.29, 1.82) is 0 Å². The molecule has 0 fully saturated rings. The van der Waals surface area contributed by atoms with Gasteiger partial charge in [-0.3, -0.25) is 0 Å². The number of para-hydroxylation sites is 2. The molecule has 0 radical (unpaired) electrons. The van der Waals surface area contributed by atoms with Gasteiger partial charge in [0.2, 0.25) is 0 Å². The molecule has 0 aromatic heterocycles. The van der Waals surface area contributed by atoms with Crippen molar-refractivity contribution in [3.63, 3.8) is 0 Å². The second-order valence-electron chi connectivity index (χ2n) is 6.37. The molecule has 0 heterocycles. The van der Waals surface area contributed by atoms with E-state index in [-0.39, 0.29) is 6.04 Å². The molecule has 3 rings (SSSR count). The monoisotopic (exact) mass is 365 g/mol. The highest BCUT2D eigenvalue weighted by Crippen LogP contribution is 2.33. The minimum atomic E-state index is 0.188. The summed E-state index contributed by atoms with van der Waals surface area (Å²) in [5.74, 6) is 1.57. The molecule has 1 N–H and O–H groups in total. The fraction of sp³-hybridized carbons (Fsp3) is 0.217. The summed E-state index contributed by atoms with van der Waals surface area (Å²) in [5.41, 5.74) is 3.70. The third kappa shape index (κ3) is 4.59. The van der Waals surface area contributed by atoms with Crippen LogP contribution in [0.2, 0.25) is 5.02 Å². The number of hydrogen-bond donors (Lipinski definition) is 1. The van der Waals surface area contributed by atoms with E-state index in [0.717, 1.165) is 30.0 Å². The first kappa shape index (κ1) is 18.3. The topological polar surface area (TPSA) is 21.3 Å². The normalized spacial score (nSPS) is 11.8. The minimum Gasteiger partial charge on any atom is -0.455 e. The van der Waals surface area contributed by atoms with Crippen LogP contribution < -0.4 is 10.1 Å². The number of halogens is 1. The zero-order chi connectivity index (χ0) is 18.4. The molecule has 1 unspecified atom stereocenters. The van der Waals surface area contributed by atoms with Crippen molar-refractivity contribution in [3.05, 3.63) is 88.9 Å². The third-order valence-electron chi connectivity index (χ3n) is 4.34. The standard InChI is InChI=1S/C23H24ClNO/c1-3-8-18-9-4-5-10-21(18)17(2)25-22-11-6-7-12-23(22)26-20-15-13-19(24)14-16-20/h4-7,9-17,25H,3,8H2,1-2H3. The molecule has 3 aromatic rings. The summed E-state index contributed by atoms with van der Waals surface area (Å²) in [4.78, 5) is 0. The van der Waals surface area contributed by atoms with Gasteiger partial charge in [0.1, 0.15) is 5.75 Å². The summed E-state index contributed by atoms with van der Waals surface area (Å²) in [7, 11) is 0. The van der Waals surface area contributed by atoms with E-state index in [9.17, 15) is 0 Å². The maximum absolute atomic E-state index is 6.06. The number of aryl methyl sites for hydroxylation is 1. The summed E-state index contributed by atoms with van der Waals surface area (Å²) in [6, 6.07) is 24.2. The van der Waals surface area contributed by atoms with Gasteiger partial charge in [0.05, 0.1) is 5.69 Å². The Morgan fingerprint density at radius 1 is 0.923 bits per heavy atom. The lowest BCUT2D eigenvalue weighted by Crippen LogP contribution is -2.10. The Kier molecular flexibility index (Phi) is 6.19. The molecule has 3 heteroatoms. The number of ether oxygens (including phenoxy) is 1. The largest absolute Gasteiger partial charge is 0.455 e. The van der Waals surface area contributed by atoms with Gasteiger partial charge in [0, 0.05) is 11.1 Å². The SMILES string of the molecule is CCCc1ccccc1C(C)Nc1ccccc1Oc1ccc(Cl)cc1. The van der Waals surface area contributed by atoms with Crippen molar-refractivity contribution in [1.82, 2.24) is 0 Å². The van der Waals surface area contributed by atoms with Crippen LogP contribution in [0.3, 0.4) is 0 Å². The fourth-order valence-corrected chi connectivity index (χ4v) is 3.20. The van der Waals surface area contributed by atoms with E-state index >= 15 is 0 Å². The van der Waals surface area contributed by atoms with Crippen LogP contribution in [-0.4, -0.2) is 0 Å². The van der Waals surface area contributed by atoms with Crippen molar-refractivity contribution in [2.24, 2.45) is 0 Å². The molecular weight excluding hydrogens is 342 g/mol. The van der Waals surface area contributed by atoms with E-state index in [1.54, 1.807) is 0 Å². The highest BCUT2D eigenvalue weighted by Gasteiger charge is 2.12. The lowest BCUT2D eigenvalue weighted by Gasteiger charge is -2.21. The average Bonchev–Trinajstić information content (AvgIpc) is 2.66. The van der Waals surface area contributed by atoms with Crippen LogP contribution in [0.5, 0.6) is 11.5 Å². The van der Waals surface area contributed by atoms with Crippen molar-refractivity contribution in [2.75, 3.05) is 5.32 Å². The highest BCUT2D eigenvalue weighted by molar-refractivity contribution is 6.30. The second-order valence-corrected chi connectivity index (χ2v) is 6.80. The van der Waals surface area contributed by atoms with Crippen LogP contribution in [0.4, 0.5) is 5.69 Å². The first-order valence-corrected chi connectivity index (χ1v) is 9.42. The highest BCUT2D eigenvalue weighted by atomic mass is 35.5. The molecule has 0 spiro atoms. The Labute approximate surface area is 160 Å². The van der Waals surface area contributed by atoms with Gasteiger partial charge in [-0.2, -0.15) is 0 Å². The zero-order valence-corrected chi connectivity index (χ0v) is 16.0. The molecule has 0 bridgehead atoms. The lowest BCUT2D eigenvalue weighted by atomic mass is 9.98. The van der Waals surface area contributed by atoms with Gasteiger partial charge in [-0.15, -0.1) is 0 Å². The van der Waals surface area contributed by atoms with Crippen molar-refractivity contribution >= 4 is 17.3 Å². The average molecular weight is 366 g/mol.